The van der Waals surface area contributed by atoms with Crippen LogP contribution < -0.4 is 11.3 Å². The van der Waals surface area contributed by atoms with Gasteiger partial charge in [0.05, 0.1) is 11.8 Å². The lowest BCUT2D eigenvalue weighted by Gasteiger charge is -2.01. The molecule has 0 aliphatic carbocycles. The molecule has 0 fully saturated rings. The van der Waals surface area contributed by atoms with Crippen LogP contribution in [0.4, 0.5) is 5.82 Å². The molecule has 0 amide bonds. The molecule has 2 aromatic rings. The molecule has 7 nitrogen and oxygen atoms in total. The number of nitriles is 1. The number of nitrogen functional groups attached to an aromatic ring is 1. The topological polar surface area (TPSA) is 121 Å². The van der Waals surface area contributed by atoms with Gasteiger partial charge in [0.2, 0.25) is 0 Å². The second kappa shape index (κ2) is 4.63. The van der Waals surface area contributed by atoms with Crippen molar-refractivity contribution in [1.82, 2.24) is 20.2 Å². The first kappa shape index (κ1) is 11.1. The zero-order valence-corrected chi connectivity index (χ0v) is 9.23. The van der Waals surface area contributed by atoms with Gasteiger partial charge in [0.1, 0.15) is 16.9 Å². The Morgan fingerprint density at radius 2 is 2.35 bits per heavy atom. The lowest BCUT2D eigenvalue weighted by molar-refractivity contribution is 0.899. The third-order valence-corrected chi connectivity index (χ3v) is 2.62. The first-order chi connectivity index (χ1) is 8.19. The maximum absolute atomic E-state index is 11.2. The number of hydrogen-bond donors (Lipinski definition) is 2. The van der Waals surface area contributed by atoms with Gasteiger partial charge in [-0.15, -0.1) is 5.10 Å². The maximum Gasteiger partial charge on any atom is 0.253 e. The van der Waals surface area contributed by atoms with Gasteiger partial charge in [0.15, 0.2) is 5.16 Å². The van der Waals surface area contributed by atoms with Crippen molar-refractivity contribution >= 4 is 17.6 Å². The highest BCUT2D eigenvalue weighted by Crippen LogP contribution is 2.24. The molecule has 2 rings (SSSR count). The maximum atomic E-state index is 11.2. The number of aromatic nitrogens is 4. The summed E-state index contributed by atoms with van der Waals surface area (Å²) in [4.78, 5) is 17.6. The first-order valence-electron chi connectivity index (χ1n) is 4.45. The van der Waals surface area contributed by atoms with Crippen molar-refractivity contribution < 1.29 is 0 Å². The molecule has 2 heterocycles. The molecule has 0 radical (unpaired) electrons. The van der Waals surface area contributed by atoms with Crippen LogP contribution in [0.15, 0.2) is 33.3 Å². The van der Waals surface area contributed by atoms with Gasteiger partial charge in [-0.1, -0.05) is 0 Å². The quantitative estimate of drug-likeness (QED) is 0.724. The lowest BCUT2D eigenvalue weighted by Crippen LogP contribution is -2.09. The number of hydrogen-bond acceptors (Lipinski definition) is 7. The average molecular weight is 246 g/mol. The van der Waals surface area contributed by atoms with Crippen LogP contribution in [0.5, 0.6) is 0 Å². The summed E-state index contributed by atoms with van der Waals surface area (Å²) >= 11 is 1.02. The van der Waals surface area contributed by atoms with Crippen LogP contribution in [0.1, 0.15) is 5.56 Å². The molecule has 0 saturated carbocycles. The molecule has 0 aliphatic rings. The molecule has 84 valence electrons. The summed E-state index contributed by atoms with van der Waals surface area (Å²) in [5.74, 6) is 0.110. The van der Waals surface area contributed by atoms with Gasteiger partial charge in [-0.05, 0) is 17.8 Å². The third kappa shape index (κ3) is 2.59. The number of aromatic amines is 1. The summed E-state index contributed by atoms with van der Waals surface area (Å²) in [6, 6.07) is 4.67. The highest BCUT2D eigenvalue weighted by molar-refractivity contribution is 7.99. The van der Waals surface area contributed by atoms with Crippen molar-refractivity contribution in [3.63, 3.8) is 0 Å². The van der Waals surface area contributed by atoms with E-state index in [4.69, 9.17) is 11.0 Å². The molecule has 17 heavy (non-hydrogen) atoms. The van der Waals surface area contributed by atoms with Crippen molar-refractivity contribution in [2.45, 2.75) is 10.2 Å². The molecule has 0 atom stereocenters. The molecule has 0 bridgehead atoms. The monoisotopic (exact) mass is 246 g/mol. The van der Waals surface area contributed by atoms with Crippen LogP contribution in [0.3, 0.4) is 0 Å². The number of rotatable bonds is 2. The Hall–Kier alpha value is -2.40. The largest absolute Gasteiger partial charge is 0.383 e. The summed E-state index contributed by atoms with van der Waals surface area (Å²) in [6.45, 7) is 0. The van der Waals surface area contributed by atoms with Gasteiger partial charge >= 0.3 is 0 Å². The summed E-state index contributed by atoms with van der Waals surface area (Å²) < 4.78 is 0. The Morgan fingerprint density at radius 1 is 1.53 bits per heavy atom. The van der Waals surface area contributed by atoms with Gasteiger partial charge < -0.3 is 10.7 Å². The lowest BCUT2D eigenvalue weighted by atomic mass is 10.3. The Bertz CT molecular complexity index is 646. The summed E-state index contributed by atoms with van der Waals surface area (Å²) in [6.07, 6.45) is 1.41. The molecule has 0 unspecified atom stereocenters. The highest BCUT2D eigenvalue weighted by atomic mass is 32.2. The van der Waals surface area contributed by atoms with E-state index in [2.05, 4.69) is 20.2 Å². The SMILES string of the molecule is N#Cc1ccnnc1Sc1nc(N)cc(=O)[nH]1. The van der Waals surface area contributed by atoms with Crippen LogP contribution in [0.25, 0.3) is 0 Å². The normalized spacial score (nSPS) is 9.82. The number of nitrogens with two attached hydrogens (primary N) is 1. The van der Waals surface area contributed by atoms with Gasteiger partial charge in [-0.25, -0.2) is 4.98 Å². The van der Waals surface area contributed by atoms with E-state index >= 15 is 0 Å². The molecular formula is C9H6N6OS. The Kier molecular flexibility index (Phi) is 3.02. The number of anilines is 1. The molecule has 0 aromatic carbocycles. The zero-order valence-electron chi connectivity index (χ0n) is 8.41. The van der Waals surface area contributed by atoms with E-state index < -0.39 is 0 Å². The predicted molar refractivity (Wildman–Crippen MR) is 60.1 cm³/mol. The van der Waals surface area contributed by atoms with Crippen LogP contribution in [-0.4, -0.2) is 20.2 Å². The van der Waals surface area contributed by atoms with E-state index in [-0.39, 0.29) is 16.5 Å². The van der Waals surface area contributed by atoms with Crippen LogP contribution in [0.2, 0.25) is 0 Å². The predicted octanol–water partition coefficient (Wildman–Crippen LogP) is 0.165. The molecule has 0 spiro atoms. The Labute approximate surface area is 99.7 Å². The van der Waals surface area contributed by atoms with E-state index in [1.165, 1.54) is 18.3 Å². The number of H-pyrrole nitrogens is 1. The van der Waals surface area contributed by atoms with Gasteiger partial charge in [-0.3, -0.25) is 4.79 Å². The minimum atomic E-state index is -0.359. The van der Waals surface area contributed by atoms with Crippen molar-refractivity contribution in [2.24, 2.45) is 0 Å². The van der Waals surface area contributed by atoms with Crippen LogP contribution >= 0.6 is 11.8 Å². The van der Waals surface area contributed by atoms with Crippen molar-refractivity contribution in [3.05, 3.63) is 34.2 Å². The number of nitrogens with one attached hydrogen (secondary N) is 1. The van der Waals surface area contributed by atoms with Gasteiger partial charge in [-0.2, -0.15) is 10.4 Å². The van der Waals surface area contributed by atoms with E-state index in [9.17, 15) is 4.79 Å². The van der Waals surface area contributed by atoms with E-state index in [0.717, 1.165) is 11.8 Å². The summed E-state index contributed by atoms with van der Waals surface area (Å²) in [7, 11) is 0. The highest BCUT2D eigenvalue weighted by Gasteiger charge is 2.08. The second-order valence-electron chi connectivity index (χ2n) is 2.94. The van der Waals surface area contributed by atoms with Crippen LogP contribution in [-0.2, 0) is 0 Å². The van der Waals surface area contributed by atoms with E-state index in [1.807, 2.05) is 6.07 Å². The third-order valence-electron chi connectivity index (χ3n) is 1.74. The summed E-state index contributed by atoms with van der Waals surface area (Å²) in [5.41, 5.74) is 5.44. The fourth-order valence-electron chi connectivity index (χ4n) is 1.07. The van der Waals surface area contributed by atoms with E-state index in [1.54, 1.807) is 0 Å². The van der Waals surface area contributed by atoms with Gasteiger partial charge in [0.25, 0.3) is 5.56 Å². The fourth-order valence-corrected chi connectivity index (χ4v) is 1.87. The summed E-state index contributed by atoms with van der Waals surface area (Å²) in [5, 5.41) is 16.9. The molecule has 0 aliphatic heterocycles. The number of nitrogens with zero attached hydrogens (tertiary/aromatic N) is 4. The molecule has 2 aromatic heterocycles. The molecule has 3 N–H and O–H groups in total. The Balaban J connectivity index is 2.38. The van der Waals surface area contributed by atoms with Crippen LogP contribution in [0, 0.1) is 11.3 Å². The Morgan fingerprint density at radius 3 is 3.06 bits per heavy atom. The molecule has 0 saturated heterocycles. The van der Waals surface area contributed by atoms with E-state index in [0.29, 0.717) is 10.6 Å². The smallest absolute Gasteiger partial charge is 0.253 e. The van der Waals surface area contributed by atoms with Crippen molar-refractivity contribution in [2.75, 3.05) is 5.73 Å². The van der Waals surface area contributed by atoms with Crippen molar-refractivity contribution in [1.29, 1.82) is 5.26 Å². The van der Waals surface area contributed by atoms with Gasteiger partial charge in [0, 0.05) is 6.07 Å². The fraction of sp³-hybridized carbons (Fsp3) is 0. The minimum Gasteiger partial charge on any atom is -0.383 e. The zero-order chi connectivity index (χ0) is 12.3. The molecular weight excluding hydrogens is 240 g/mol. The second-order valence-corrected chi connectivity index (χ2v) is 3.92. The average Bonchev–Trinajstić information content (AvgIpc) is 2.28. The standard InChI is InChI=1S/C9H6N6OS/c10-4-5-1-2-12-15-8(5)17-9-13-6(11)3-7(16)14-9/h1-3H,(H3,11,13,14,16). The van der Waals surface area contributed by atoms with Crippen molar-refractivity contribution in [3.8, 4) is 6.07 Å². The molecule has 8 heteroatoms. The first-order valence-corrected chi connectivity index (χ1v) is 5.27. The minimum absolute atomic E-state index is 0.110.